The minimum atomic E-state index is -4.27. The third kappa shape index (κ3) is 9.04. The molecule has 4 aromatic carbocycles. The van der Waals surface area contributed by atoms with E-state index in [1.54, 1.807) is 31.4 Å². The molecule has 0 aromatic heterocycles. The monoisotopic (exact) mass is 697 g/mol. The summed E-state index contributed by atoms with van der Waals surface area (Å²) in [4.78, 5) is 30.8. The van der Waals surface area contributed by atoms with E-state index in [0.29, 0.717) is 11.5 Å². The van der Waals surface area contributed by atoms with Crippen molar-refractivity contribution in [1.29, 1.82) is 0 Å². The van der Waals surface area contributed by atoms with Gasteiger partial charge in [0, 0.05) is 19.0 Å². The fourth-order valence-corrected chi connectivity index (χ4v) is 7.83. The van der Waals surface area contributed by atoms with E-state index in [1.165, 1.54) is 24.1 Å². The lowest BCUT2D eigenvalue weighted by molar-refractivity contribution is -0.140. The highest BCUT2D eigenvalue weighted by molar-refractivity contribution is 7.92. The summed E-state index contributed by atoms with van der Waals surface area (Å²) in [6.45, 7) is 3.21. The second-order valence-corrected chi connectivity index (χ2v) is 14.8. The van der Waals surface area contributed by atoms with Gasteiger partial charge in [-0.3, -0.25) is 13.9 Å². The number of anilines is 1. The summed E-state index contributed by atoms with van der Waals surface area (Å²) >= 11 is 0. The van der Waals surface area contributed by atoms with Crippen molar-refractivity contribution in [3.05, 3.63) is 119 Å². The van der Waals surface area contributed by atoms with Crippen molar-refractivity contribution in [2.24, 2.45) is 0 Å². The first-order chi connectivity index (χ1) is 24.1. The van der Waals surface area contributed by atoms with Gasteiger partial charge in [-0.1, -0.05) is 85.5 Å². The number of hydrogen-bond acceptors (Lipinski definition) is 6. The molecule has 1 fully saturated rings. The second kappa shape index (κ2) is 16.7. The lowest BCUT2D eigenvalue weighted by Gasteiger charge is -2.35. The fraction of sp³-hybridized carbons (Fsp3) is 0.350. The highest BCUT2D eigenvalue weighted by Crippen LogP contribution is 2.34. The number of amides is 2. The molecule has 0 bridgehead atoms. The van der Waals surface area contributed by atoms with Crippen LogP contribution in [-0.4, -0.2) is 58.0 Å². The van der Waals surface area contributed by atoms with E-state index in [1.807, 2.05) is 74.5 Å². The van der Waals surface area contributed by atoms with Crippen molar-refractivity contribution < 1.29 is 27.5 Å². The molecule has 1 unspecified atom stereocenters. The zero-order chi connectivity index (χ0) is 35.7. The lowest BCUT2D eigenvalue weighted by Crippen LogP contribution is -2.55. The smallest absolute Gasteiger partial charge is 0.264 e. The molecule has 1 saturated carbocycles. The Balaban J connectivity index is 1.61. The Kier molecular flexibility index (Phi) is 12.2. The molecular formula is C40H47N3O6S. The van der Waals surface area contributed by atoms with Crippen LogP contribution in [0.2, 0.25) is 0 Å². The molecule has 1 aliphatic rings. The van der Waals surface area contributed by atoms with E-state index in [2.05, 4.69) is 5.32 Å². The molecular weight excluding hydrogens is 651 g/mol. The number of nitrogens with zero attached hydrogens (tertiary/aromatic N) is 2. The molecule has 10 heteroatoms. The van der Waals surface area contributed by atoms with Crippen LogP contribution in [0.15, 0.2) is 102 Å². The van der Waals surface area contributed by atoms with Gasteiger partial charge in [0.05, 0.1) is 24.8 Å². The van der Waals surface area contributed by atoms with E-state index in [9.17, 15) is 18.0 Å². The molecule has 0 aliphatic heterocycles. The highest BCUT2D eigenvalue weighted by atomic mass is 32.2. The third-order valence-electron chi connectivity index (χ3n) is 9.20. The first kappa shape index (κ1) is 36.5. The lowest BCUT2D eigenvalue weighted by atomic mass is 9.94. The standard InChI is InChI=1S/C40H47N3O6S/c1-29-18-21-35(22-19-29)50(46,47)43(36-24-30(2)20-23-38(36)49-4)28-39(44)42(27-32-14-11-17-34(25-32)48-3)37(26-31-12-7-5-8-13-31)40(45)41-33-15-9-6-10-16-33/h5,7-8,11-14,17-25,33,37H,6,9-10,15-16,26-28H2,1-4H3,(H,41,45). The predicted octanol–water partition coefficient (Wildman–Crippen LogP) is 6.60. The molecule has 4 aromatic rings. The summed E-state index contributed by atoms with van der Waals surface area (Å²) in [5, 5.41) is 3.25. The largest absolute Gasteiger partial charge is 0.497 e. The third-order valence-corrected chi connectivity index (χ3v) is 11.0. The summed E-state index contributed by atoms with van der Waals surface area (Å²) in [7, 11) is -1.24. The first-order valence-corrected chi connectivity index (χ1v) is 18.5. The number of methoxy groups -OCH3 is 2. The van der Waals surface area contributed by atoms with Crippen molar-refractivity contribution >= 4 is 27.5 Å². The van der Waals surface area contributed by atoms with Crippen LogP contribution in [0, 0.1) is 13.8 Å². The van der Waals surface area contributed by atoms with Crippen molar-refractivity contribution in [3.8, 4) is 11.5 Å². The molecule has 5 rings (SSSR count). The SMILES string of the molecule is COc1cccc(CN(C(=O)CN(c2cc(C)ccc2OC)S(=O)(=O)c2ccc(C)cc2)C(Cc2ccccc2)C(=O)NC2CCCCC2)c1. The number of benzene rings is 4. The second-order valence-electron chi connectivity index (χ2n) is 12.9. The van der Waals surface area contributed by atoms with E-state index in [-0.39, 0.29) is 35.5 Å². The number of carbonyl (C=O) groups is 2. The molecule has 0 radical (unpaired) electrons. The average Bonchev–Trinajstić information content (AvgIpc) is 3.13. The van der Waals surface area contributed by atoms with Gasteiger partial charge >= 0.3 is 0 Å². The summed E-state index contributed by atoms with van der Waals surface area (Å²) < 4.78 is 41.2. The van der Waals surface area contributed by atoms with Crippen LogP contribution in [0.25, 0.3) is 0 Å². The first-order valence-electron chi connectivity index (χ1n) is 17.1. The molecule has 1 aliphatic carbocycles. The Labute approximate surface area is 296 Å². The van der Waals surface area contributed by atoms with Gasteiger partial charge < -0.3 is 19.7 Å². The zero-order valence-electron chi connectivity index (χ0n) is 29.3. The van der Waals surface area contributed by atoms with Gasteiger partial charge in [-0.25, -0.2) is 8.42 Å². The molecule has 0 heterocycles. The Bertz CT molecular complexity index is 1860. The quantitative estimate of drug-likeness (QED) is 0.159. The molecule has 1 N–H and O–H groups in total. The number of rotatable bonds is 14. The van der Waals surface area contributed by atoms with Crippen LogP contribution < -0.4 is 19.1 Å². The predicted molar refractivity (Wildman–Crippen MR) is 196 cm³/mol. The number of sulfonamides is 1. The molecule has 1 atom stereocenters. The molecule has 264 valence electrons. The minimum Gasteiger partial charge on any atom is -0.497 e. The topological polar surface area (TPSA) is 105 Å². The number of nitrogens with one attached hydrogen (secondary N) is 1. The maximum atomic E-state index is 14.9. The van der Waals surface area contributed by atoms with Gasteiger partial charge in [0.25, 0.3) is 10.0 Å². The van der Waals surface area contributed by atoms with Gasteiger partial charge in [0.2, 0.25) is 11.8 Å². The number of ether oxygens (including phenoxy) is 2. The van der Waals surface area contributed by atoms with Crippen LogP contribution in [0.5, 0.6) is 11.5 Å². The van der Waals surface area contributed by atoms with E-state index in [4.69, 9.17) is 9.47 Å². The van der Waals surface area contributed by atoms with Crippen LogP contribution in [0.4, 0.5) is 5.69 Å². The minimum absolute atomic E-state index is 0.0123. The fourth-order valence-electron chi connectivity index (χ4n) is 6.41. The summed E-state index contributed by atoms with van der Waals surface area (Å²) in [6.07, 6.45) is 5.20. The average molecular weight is 698 g/mol. The van der Waals surface area contributed by atoms with Crippen LogP contribution in [-0.2, 0) is 32.6 Å². The number of aryl methyl sites for hydroxylation is 2. The Morgan fingerprint density at radius 2 is 1.48 bits per heavy atom. The van der Waals surface area contributed by atoms with Crippen molar-refractivity contribution in [3.63, 3.8) is 0 Å². The molecule has 9 nitrogen and oxygen atoms in total. The van der Waals surface area contributed by atoms with Crippen LogP contribution in [0.1, 0.15) is 54.4 Å². The zero-order valence-corrected chi connectivity index (χ0v) is 30.1. The van der Waals surface area contributed by atoms with Crippen molar-refractivity contribution in [1.82, 2.24) is 10.2 Å². The van der Waals surface area contributed by atoms with E-state index >= 15 is 0 Å². The van der Waals surface area contributed by atoms with Gasteiger partial charge in [0.1, 0.15) is 24.1 Å². The number of carbonyl (C=O) groups excluding carboxylic acids is 2. The van der Waals surface area contributed by atoms with Crippen molar-refractivity contribution in [2.75, 3.05) is 25.1 Å². The van der Waals surface area contributed by atoms with Gasteiger partial charge in [-0.05, 0) is 79.8 Å². The van der Waals surface area contributed by atoms with Crippen molar-refractivity contribution in [2.45, 2.75) is 75.9 Å². The van der Waals surface area contributed by atoms with Gasteiger partial charge in [0.15, 0.2) is 0 Å². The number of hydrogen-bond donors (Lipinski definition) is 1. The molecule has 50 heavy (non-hydrogen) atoms. The van der Waals surface area contributed by atoms with E-state index < -0.39 is 28.5 Å². The molecule has 0 spiro atoms. The summed E-state index contributed by atoms with van der Waals surface area (Å²) in [6, 6.07) is 27.7. The van der Waals surface area contributed by atoms with Gasteiger partial charge in [-0.2, -0.15) is 0 Å². The maximum Gasteiger partial charge on any atom is 0.264 e. The Hall–Kier alpha value is -4.83. The highest BCUT2D eigenvalue weighted by Gasteiger charge is 2.36. The molecule has 2 amide bonds. The van der Waals surface area contributed by atoms with E-state index in [0.717, 1.165) is 58.7 Å². The van der Waals surface area contributed by atoms with Crippen LogP contribution >= 0.6 is 0 Å². The Morgan fingerprint density at radius 3 is 2.16 bits per heavy atom. The molecule has 0 saturated heterocycles. The maximum absolute atomic E-state index is 14.9. The van der Waals surface area contributed by atoms with Crippen LogP contribution in [0.3, 0.4) is 0 Å². The van der Waals surface area contributed by atoms with Gasteiger partial charge in [-0.15, -0.1) is 0 Å². The summed E-state index contributed by atoms with van der Waals surface area (Å²) in [5.74, 6) is 0.105. The summed E-state index contributed by atoms with van der Waals surface area (Å²) in [5.41, 5.74) is 3.54. The Morgan fingerprint density at radius 1 is 0.800 bits per heavy atom. The normalized spacial score (nSPS) is 14.0.